The highest BCUT2D eigenvalue weighted by molar-refractivity contribution is 14.1. The number of unbranched alkanes of at least 4 members (excludes halogenated alkanes) is 5. The maximum atomic E-state index is 12.2. The van der Waals surface area contributed by atoms with Crippen LogP contribution in [0.1, 0.15) is 51.9 Å². The maximum absolute atomic E-state index is 12.2. The Morgan fingerprint density at radius 2 is 1.74 bits per heavy atom. The van der Waals surface area contributed by atoms with Crippen LogP contribution in [-0.2, 0) is 4.79 Å². The number of benzene rings is 1. The summed E-state index contributed by atoms with van der Waals surface area (Å²) in [6.45, 7) is 2.18. The molecule has 0 aliphatic carbocycles. The van der Waals surface area contributed by atoms with E-state index in [1.165, 1.54) is 19.3 Å². The molecule has 0 radical (unpaired) electrons. The van der Waals surface area contributed by atoms with Crippen molar-refractivity contribution < 1.29 is 4.79 Å². The van der Waals surface area contributed by atoms with Gasteiger partial charge in [0.1, 0.15) is 6.17 Å². The van der Waals surface area contributed by atoms with Crippen molar-refractivity contribution in [2.75, 3.05) is 5.32 Å². The molecule has 0 aliphatic heterocycles. The number of thiocarbonyl (C=S) groups is 1. The molecule has 3 N–H and O–H groups in total. The van der Waals surface area contributed by atoms with Crippen LogP contribution in [0.25, 0.3) is 0 Å². The van der Waals surface area contributed by atoms with E-state index in [1.54, 1.807) is 0 Å². The second-order valence-corrected chi connectivity index (χ2v) is 10.1. The molecule has 0 unspecified atom stereocenters. The van der Waals surface area contributed by atoms with Crippen molar-refractivity contribution in [3.8, 4) is 0 Å². The van der Waals surface area contributed by atoms with Crippen molar-refractivity contribution in [3.05, 3.63) is 27.8 Å². The van der Waals surface area contributed by atoms with Gasteiger partial charge >= 0.3 is 0 Å². The minimum atomic E-state index is -1.74. The van der Waals surface area contributed by atoms with E-state index < -0.39 is 9.96 Å². The van der Waals surface area contributed by atoms with Gasteiger partial charge in [0.15, 0.2) is 5.11 Å². The summed E-state index contributed by atoms with van der Waals surface area (Å²) in [6, 6.07) is 7.65. The van der Waals surface area contributed by atoms with Crippen molar-refractivity contribution >= 4 is 86.3 Å². The monoisotopic (exact) mass is 563 g/mol. The van der Waals surface area contributed by atoms with Crippen LogP contribution in [0.3, 0.4) is 0 Å². The Kier molecular flexibility index (Phi) is 12.3. The number of carbonyl (C=O) groups excluding carboxylic acids is 1. The van der Waals surface area contributed by atoms with E-state index in [-0.39, 0.29) is 11.0 Å². The number of rotatable bonds is 10. The van der Waals surface area contributed by atoms with E-state index in [2.05, 4.69) is 45.5 Å². The number of nitrogens with one attached hydrogen (secondary N) is 3. The Labute approximate surface area is 195 Å². The van der Waals surface area contributed by atoms with Gasteiger partial charge in [-0.05, 0) is 53.4 Å². The second-order valence-electron chi connectivity index (χ2n) is 6.14. The van der Waals surface area contributed by atoms with Gasteiger partial charge in [-0.15, -0.1) is 0 Å². The lowest BCUT2D eigenvalue weighted by atomic mass is 10.1. The Morgan fingerprint density at radius 3 is 2.37 bits per heavy atom. The summed E-state index contributed by atoms with van der Waals surface area (Å²) in [7, 11) is 0. The lowest BCUT2D eigenvalue weighted by Gasteiger charge is -2.28. The Hall–Kier alpha value is -0.0200. The molecule has 27 heavy (non-hydrogen) atoms. The third-order valence-electron chi connectivity index (χ3n) is 3.79. The largest absolute Gasteiger partial charge is 0.339 e. The molecule has 0 heterocycles. The van der Waals surface area contributed by atoms with Gasteiger partial charge in [0, 0.05) is 9.99 Å². The predicted octanol–water partition coefficient (Wildman–Crippen LogP) is 6.14. The lowest BCUT2D eigenvalue weighted by molar-refractivity contribution is -0.122. The molecule has 152 valence electrons. The number of amides is 1. The summed E-state index contributed by atoms with van der Waals surface area (Å²) in [6.07, 6.45) is 6.06. The van der Waals surface area contributed by atoms with Crippen LogP contribution in [0.2, 0.25) is 0 Å². The summed E-state index contributed by atoms with van der Waals surface area (Å²) in [5.74, 6) is -0.175. The van der Waals surface area contributed by atoms with Crippen LogP contribution >= 0.6 is 69.6 Å². The van der Waals surface area contributed by atoms with Gasteiger partial charge in [0.05, 0.1) is 5.69 Å². The summed E-state index contributed by atoms with van der Waals surface area (Å²) in [4.78, 5) is 12.2. The van der Waals surface area contributed by atoms with Crippen molar-refractivity contribution in [1.29, 1.82) is 0 Å². The van der Waals surface area contributed by atoms with Crippen molar-refractivity contribution in [3.63, 3.8) is 0 Å². The molecule has 0 aliphatic rings. The van der Waals surface area contributed by atoms with Gasteiger partial charge in [-0.25, -0.2) is 0 Å². The van der Waals surface area contributed by atoms with Crippen LogP contribution in [-0.4, -0.2) is 21.0 Å². The molecule has 0 fully saturated rings. The average Bonchev–Trinajstić information content (AvgIpc) is 2.58. The molecule has 1 aromatic carbocycles. The quantitative estimate of drug-likeness (QED) is 0.105. The van der Waals surface area contributed by atoms with Crippen LogP contribution in [0.5, 0.6) is 0 Å². The van der Waals surface area contributed by atoms with E-state index in [0.29, 0.717) is 6.42 Å². The third-order valence-corrected chi connectivity index (χ3v) is 5.60. The summed E-state index contributed by atoms with van der Waals surface area (Å²) in [5, 5.41) is 8.89. The first kappa shape index (κ1) is 25.0. The number of carbonyl (C=O) groups is 1. The molecule has 1 rings (SSSR count). The molecule has 1 amide bonds. The zero-order valence-corrected chi connectivity index (χ0v) is 20.4. The predicted molar refractivity (Wildman–Crippen MR) is 129 cm³/mol. The number of hydrogen-bond donors (Lipinski definition) is 3. The normalized spacial score (nSPS) is 12.3. The van der Waals surface area contributed by atoms with Crippen LogP contribution in [0.4, 0.5) is 5.69 Å². The number of hydrogen-bond acceptors (Lipinski definition) is 2. The Balaban J connectivity index is 2.49. The standard InChI is InChI=1S/C18H25Cl3IN3OS/c1-2-3-4-5-6-7-12-15(26)24-16(18(19,20)21)25-17(27)23-14-11-9-8-10-13(14)22/h8-11,16H,2-7,12H2,1H3,(H,24,26)(H2,23,25,27)/t16-/m1/s1. The number of anilines is 1. The van der Waals surface area contributed by atoms with Gasteiger partial charge < -0.3 is 16.0 Å². The van der Waals surface area contributed by atoms with Gasteiger partial charge in [-0.1, -0.05) is 86.0 Å². The smallest absolute Gasteiger partial charge is 0.228 e. The maximum Gasteiger partial charge on any atom is 0.228 e. The van der Waals surface area contributed by atoms with Crippen LogP contribution in [0.15, 0.2) is 24.3 Å². The molecular formula is C18H25Cl3IN3OS. The van der Waals surface area contributed by atoms with Gasteiger partial charge in [0.2, 0.25) is 9.70 Å². The Morgan fingerprint density at radius 1 is 1.11 bits per heavy atom. The molecular weight excluding hydrogens is 540 g/mol. The molecule has 4 nitrogen and oxygen atoms in total. The van der Waals surface area contributed by atoms with Crippen LogP contribution in [0, 0.1) is 3.57 Å². The fourth-order valence-electron chi connectivity index (χ4n) is 2.35. The molecule has 0 spiro atoms. The first-order valence-electron chi connectivity index (χ1n) is 8.92. The van der Waals surface area contributed by atoms with Gasteiger partial charge in [-0.3, -0.25) is 4.79 Å². The highest BCUT2D eigenvalue weighted by Crippen LogP contribution is 2.29. The average molecular weight is 565 g/mol. The van der Waals surface area contributed by atoms with E-state index >= 15 is 0 Å². The molecule has 0 bridgehead atoms. The summed E-state index contributed by atoms with van der Waals surface area (Å²) < 4.78 is -0.747. The first-order chi connectivity index (χ1) is 12.7. The molecule has 0 aromatic heterocycles. The number of para-hydroxylation sites is 1. The topological polar surface area (TPSA) is 53.2 Å². The van der Waals surface area contributed by atoms with Crippen molar-refractivity contribution in [2.45, 2.75) is 61.8 Å². The third kappa shape index (κ3) is 10.9. The van der Waals surface area contributed by atoms with Crippen molar-refractivity contribution in [2.24, 2.45) is 0 Å². The molecule has 0 saturated heterocycles. The summed E-state index contributed by atoms with van der Waals surface area (Å²) >= 11 is 25.5. The minimum absolute atomic E-state index is 0.175. The fraction of sp³-hybridized carbons (Fsp3) is 0.556. The minimum Gasteiger partial charge on any atom is -0.339 e. The molecule has 1 atom stereocenters. The van der Waals surface area contributed by atoms with E-state index in [0.717, 1.165) is 28.5 Å². The molecule has 9 heteroatoms. The second kappa shape index (κ2) is 13.2. The van der Waals surface area contributed by atoms with Crippen LogP contribution < -0.4 is 16.0 Å². The van der Waals surface area contributed by atoms with E-state index in [1.807, 2.05) is 24.3 Å². The summed E-state index contributed by atoms with van der Waals surface area (Å²) in [5.41, 5.74) is 0.831. The lowest BCUT2D eigenvalue weighted by Crippen LogP contribution is -2.56. The van der Waals surface area contributed by atoms with Crippen molar-refractivity contribution in [1.82, 2.24) is 10.6 Å². The molecule has 1 aromatic rings. The number of halogens is 4. The Bertz CT molecular complexity index is 614. The highest BCUT2D eigenvalue weighted by atomic mass is 127. The fourth-order valence-corrected chi connectivity index (χ4v) is 3.43. The number of alkyl halides is 3. The van der Waals surface area contributed by atoms with E-state index in [4.69, 9.17) is 47.0 Å². The zero-order chi connectivity index (χ0) is 20.3. The SMILES string of the molecule is CCCCCCCCC(=O)N[C@H](NC(=S)Nc1ccccc1I)C(Cl)(Cl)Cl. The zero-order valence-electron chi connectivity index (χ0n) is 15.2. The first-order valence-corrected chi connectivity index (χ1v) is 11.5. The molecule has 0 saturated carbocycles. The highest BCUT2D eigenvalue weighted by Gasteiger charge is 2.34. The van der Waals surface area contributed by atoms with E-state index in [9.17, 15) is 4.79 Å². The van der Waals surface area contributed by atoms with Gasteiger partial charge in [-0.2, -0.15) is 0 Å². The van der Waals surface area contributed by atoms with Gasteiger partial charge in [0.25, 0.3) is 0 Å².